The largest absolute Gasteiger partial charge is 0.309 e. The lowest BCUT2D eigenvalue weighted by molar-refractivity contribution is 0.396. The van der Waals surface area contributed by atoms with E-state index in [0.717, 1.165) is 13.0 Å². The second kappa shape index (κ2) is 5.21. The number of benzene rings is 1. The number of aryl methyl sites for hydroxylation is 1. The Labute approximate surface area is 89.7 Å². The fourth-order valence-electron chi connectivity index (χ4n) is 1.52. The molecule has 15 heavy (non-hydrogen) atoms. The van der Waals surface area contributed by atoms with Crippen molar-refractivity contribution in [1.29, 1.82) is 0 Å². The predicted octanol–water partition coefficient (Wildman–Crippen LogP) is 2.77. The third-order valence-electron chi connectivity index (χ3n) is 2.41. The van der Waals surface area contributed by atoms with Crippen molar-refractivity contribution in [3.8, 4) is 0 Å². The number of halogens is 2. The molecular formula is C12H17F2N. The molecule has 1 rings (SSSR count). The van der Waals surface area contributed by atoms with Gasteiger partial charge in [0, 0.05) is 5.56 Å². The maximum absolute atomic E-state index is 13.5. The Kier molecular flexibility index (Phi) is 4.21. The Morgan fingerprint density at radius 1 is 1.20 bits per heavy atom. The highest BCUT2D eigenvalue weighted by Gasteiger charge is 2.10. The van der Waals surface area contributed by atoms with Crippen molar-refractivity contribution < 1.29 is 8.78 Å². The van der Waals surface area contributed by atoms with Crippen LogP contribution in [0, 0.1) is 18.6 Å². The molecule has 0 atom stereocenters. The second-order valence-corrected chi connectivity index (χ2v) is 4.06. The third kappa shape index (κ3) is 3.27. The SMILES string of the molecule is Cc1ccc(F)c(CCCN(C)C)c1F. The molecule has 1 aromatic rings. The highest BCUT2D eigenvalue weighted by Crippen LogP contribution is 2.17. The van der Waals surface area contributed by atoms with Gasteiger partial charge >= 0.3 is 0 Å². The van der Waals surface area contributed by atoms with Gasteiger partial charge in [0.05, 0.1) is 0 Å². The Bertz CT molecular complexity index is 335. The zero-order valence-corrected chi connectivity index (χ0v) is 9.48. The van der Waals surface area contributed by atoms with E-state index in [2.05, 4.69) is 0 Å². The summed E-state index contributed by atoms with van der Waals surface area (Å²) < 4.78 is 26.8. The fraction of sp³-hybridized carbons (Fsp3) is 0.500. The summed E-state index contributed by atoms with van der Waals surface area (Å²) in [5.74, 6) is -0.828. The lowest BCUT2D eigenvalue weighted by Crippen LogP contribution is -2.14. The van der Waals surface area contributed by atoms with Gasteiger partial charge in [0.25, 0.3) is 0 Å². The highest BCUT2D eigenvalue weighted by molar-refractivity contribution is 5.26. The zero-order chi connectivity index (χ0) is 11.4. The van der Waals surface area contributed by atoms with Crippen LogP contribution in [-0.4, -0.2) is 25.5 Å². The van der Waals surface area contributed by atoms with Crippen LogP contribution in [0.15, 0.2) is 12.1 Å². The van der Waals surface area contributed by atoms with Crippen LogP contribution < -0.4 is 0 Å². The maximum atomic E-state index is 13.5. The van der Waals surface area contributed by atoms with Crippen LogP contribution in [0.4, 0.5) is 8.78 Å². The molecule has 0 amide bonds. The van der Waals surface area contributed by atoms with E-state index in [0.29, 0.717) is 12.0 Å². The first-order chi connectivity index (χ1) is 7.02. The van der Waals surface area contributed by atoms with Gasteiger partial charge in [0.2, 0.25) is 0 Å². The number of hydrogen-bond donors (Lipinski definition) is 0. The van der Waals surface area contributed by atoms with E-state index in [1.165, 1.54) is 12.1 Å². The van der Waals surface area contributed by atoms with Crippen molar-refractivity contribution in [1.82, 2.24) is 4.90 Å². The quantitative estimate of drug-likeness (QED) is 0.743. The lowest BCUT2D eigenvalue weighted by Gasteiger charge is -2.10. The average molecular weight is 213 g/mol. The summed E-state index contributed by atoms with van der Waals surface area (Å²) in [7, 11) is 3.89. The van der Waals surface area contributed by atoms with Gasteiger partial charge in [-0.25, -0.2) is 8.78 Å². The highest BCUT2D eigenvalue weighted by atomic mass is 19.1. The van der Waals surface area contributed by atoms with E-state index < -0.39 is 11.6 Å². The summed E-state index contributed by atoms with van der Waals surface area (Å²) in [5, 5.41) is 0. The maximum Gasteiger partial charge on any atom is 0.132 e. The van der Waals surface area contributed by atoms with Crippen molar-refractivity contribution in [2.75, 3.05) is 20.6 Å². The summed E-state index contributed by atoms with van der Waals surface area (Å²) in [6.45, 7) is 2.50. The molecule has 1 nitrogen and oxygen atoms in total. The minimum Gasteiger partial charge on any atom is -0.309 e. The molecule has 0 spiro atoms. The van der Waals surface area contributed by atoms with E-state index in [1.54, 1.807) is 6.92 Å². The van der Waals surface area contributed by atoms with Crippen LogP contribution in [0.2, 0.25) is 0 Å². The predicted molar refractivity (Wildman–Crippen MR) is 58.0 cm³/mol. The Hall–Kier alpha value is -0.960. The van der Waals surface area contributed by atoms with Crippen LogP contribution in [0.5, 0.6) is 0 Å². The third-order valence-corrected chi connectivity index (χ3v) is 2.41. The number of nitrogens with zero attached hydrogens (tertiary/aromatic N) is 1. The van der Waals surface area contributed by atoms with Crippen molar-refractivity contribution in [2.24, 2.45) is 0 Å². The molecule has 0 aromatic heterocycles. The van der Waals surface area contributed by atoms with Gasteiger partial charge < -0.3 is 4.90 Å². The molecule has 0 fully saturated rings. The number of rotatable bonds is 4. The van der Waals surface area contributed by atoms with E-state index in [-0.39, 0.29) is 5.56 Å². The van der Waals surface area contributed by atoms with Gasteiger partial charge in [0.15, 0.2) is 0 Å². The zero-order valence-electron chi connectivity index (χ0n) is 9.48. The lowest BCUT2D eigenvalue weighted by atomic mass is 10.1. The Morgan fingerprint density at radius 2 is 1.87 bits per heavy atom. The normalized spacial score (nSPS) is 11.1. The summed E-state index contributed by atoms with van der Waals surface area (Å²) >= 11 is 0. The molecule has 0 saturated carbocycles. The molecular weight excluding hydrogens is 196 g/mol. The number of hydrogen-bond acceptors (Lipinski definition) is 1. The standard InChI is InChI=1S/C12H17F2N/c1-9-6-7-11(13)10(12(9)14)5-4-8-15(2)3/h6-7H,4-5,8H2,1-3H3. The van der Waals surface area contributed by atoms with Crippen LogP contribution in [0.1, 0.15) is 17.5 Å². The molecule has 0 aliphatic rings. The van der Waals surface area contributed by atoms with Gasteiger partial charge in [-0.15, -0.1) is 0 Å². The Morgan fingerprint density at radius 3 is 2.47 bits per heavy atom. The molecule has 0 radical (unpaired) electrons. The van der Waals surface area contributed by atoms with E-state index in [4.69, 9.17) is 0 Å². The molecule has 0 saturated heterocycles. The summed E-state index contributed by atoms with van der Waals surface area (Å²) in [5.41, 5.74) is 0.730. The van der Waals surface area contributed by atoms with Crippen molar-refractivity contribution in [2.45, 2.75) is 19.8 Å². The van der Waals surface area contributed by atoms with Crippen LogP contribution in [-0.2, 0) is 6.42 Å². The minimum atomic E-state index is -0.433. The van der Waals surface area contributed by atoms with Crippen LogP contribution in [0.25, 0.3) is 0 Å². The van der Waals surface area contributed by atoms with Gasteiger partial charge in [-0.05, 0) is 52.0 Å². The topological polar surface area (TPSA) is 3.24 Å². The first-order valence-corrected chi connectivity index (χ1v) is 5.10. The molecule has 0 aliphatic heterocycles. The molecule has 3 heteroatoms. The van der Waals surface area contributed by atoms with Crippen molar-refractivity contribution in [3.63, 3.8) is 0 Å². The monoisotopic (exact) mass is 213 g/mol. The van der Waals surface area contributed by atoms with Crippen LogP contribution in [0.3, 0.4) is 0 Å². The van der Waals surface area contributed by atoms with E-state index in [1.807, 2.05) is 19.0 Å². The van der Waals surface area contributed by atoms with Crippen molar-refractivity contribution >= 4 is 0 Å². The summed E-state index contributed by atoms with van der Waals surface area (Å²) in [6.07, 6.45) is 1.22. The van der Waals surface area contributed by atoms with Gasteiger partial charge in [-0.1, -0.05) is 6.07 Å². The minimum absolute atomic E-state index is 0.219. The van der Waals surface area contributed by atoms with Gasteiger partial charge in [-0.2, -0.15) is 0 Å². The second-order valence-electron chi connectivity index (χ2n) is 4.06. The molecule has 0 heterocycles. The molecule has 0 aliphatic carbocycles. The first-order valence-electron chi connectivity index (χ1n) is 5.10. The summed E-state index contributed by atoms with van der Waals surface area (Å²) in [6, 6.07) is 2.81. The van der Waals surface area contributed by atoms with Crippen molar-refractivity contribution in [3.05, 3.63) is 34.9 Å². The van der Waals surface area contributed by atoms with Crippen LogP contribution >= 0.6 is 0 Å². The fourth-order valence-corrected chi connectivity index (χ4v) is 1.52. The average Bonchev–Trinajstić information content (AvgIpc) is 2.17. The molecule has 0 N–H and O–H groups in total. The molecule has 84 valence electrons. The van der Waals surface area contributed by atoms with E-state index >= 15 is 0 Å². The van der Waals surface area contributed by atoms with Gasteiger partial charge in [0.1, 0.15) is 11.6 Å². The smallest absolute Gasteiger partial charge is 0.132 e. The van der Waals surface area contributed by atoms with Gasteiger partial charge in [-0.3, -0.25) is 0 Å². The van der Waals surface area contributed by atoms with E-state index in [9.17, 15) is 8.78 Å². The Balaban J connectivity index is 2.71. The molecule has 0 bridgehead atoms. The summed E-state index contributed by atoms with van der Waals surface area (Å²) in [4.78, 5) is 2.01. The molecule has 1 aromatic carbocycles. The molecule has 0 unspecified atom stereocenters. The first kappa shape index (κ1) is 12.1.